The molecule has 0 heterocycles. The van der Waals surface area contributed by atoms with Gasteiger partial charge in [-0.3, -0.25) is 0 Å². The Labute approximate surface area is 51.7 Å². The van der Waals surface area contributed by atoms with Crippen LogP contribution in [0.3, 0.4) is 0 Å². The predicted molar refractivity (Wildman–Crippen MR) is 36.8 cm³/mol. The van der Waals surface area contributed by atoms with Gasteiger partial charge in [0.1, 0.15) is 0 Å². The fourth-order valence-corrected chi connectivity index (χ4v) is 0.462. The highest BCUT2D eigenvalue weighted by Gasteiger charge is 1.98. The molecule has 0 aromatic heterocycles. The second-order valence-electron chi connectivity index (χ2n) is 2.36. The van der Waals surface area contributed by atoms with Gasteiger partial charge in [0.25, 0.3) is 0 Å². The zero-order valence-electron chi connectivity index (χ0n) is 6.02. The molecule has 0 amide bonds. The van der Waals surface area contributed by atoms with E-state index in [0.717, 1.165) is 13.1 Å². The molecule has 0 fully saturated rings. The van der Waals surface area contributed by atoms with Gasteiger partial charge in [-0.2, -0.15) is 0 Å². The third kappa shape index (κ3) is 2.99. The first-order valence-electron chi connectivity index (χ1n) is 3.08. The van der Waals surface area contributed by atoms with Crippen LogP contribution >= 0.6 is 0 Å². The molecule has 0 unspecified atom stereocenters. The van der Waals surface area contributed by atoms with Crippen molar-refractivity contribution in [1.29, 1.82) is 0 Å². The highest BCUT2D eigenvalue weighted by molar-refractivity contribution is 4.55. The highest BCUT2D eigenvalue weighted by atomic mass is 15.1. The second-order valence-corrected chi connectivity index (χ2v) is 2.36. The summed E-state index contributed by atoms with van der Waals surface area (Å²) in [5, 5.41) is 0. The number of likely N-dealkylation sites (N-methyl/N-ethyl adjacent to an activating group) is 1. The van der Waals surface area contributed by atoms with Crippen molar-refractivity contribution in [2.24, 2.45) is 5.73 Å². The molecule has 0 saturated carbocycles. The van der Waals surface area contributed by atoms with Crippen LogP contribution in [0.2, 0.25) is 0 Å². The summed E-state index contributed by atoms with van der Waals surface area (Å²) < 4.78 is 0. The normalized spacial score (nSPS) is 11.2. The van der Waals surface area contributed by atoms with Gasteiger partial charge in [0.05, 0.1) is 0 Å². The van der Waals surface area contributed by atoms with Gasteiger partial charge < -0.3 is 10.6 Å². The summed E-state index contributed by atoms with van der Waals surface area (Å²) in [5.74, 6) is 0. The Morgan fingerprint density at radius 1 is 1.50 bits per heavy atom. The van der Waals surface area contributed by atoms with Crippen LogP contribution in [0.4, 0.5) is 0 Å². The molecule has 0 aliphatic carbocycles. The first kappa shape index (κ1) is 7.92. The largest absolute Gasteiger partial charge is 0.329 e. The molecule has 0 atom stereocenters. The summed E-state index contributed by atoms with van der Waals surface area (Å²) in [4.78, 5) is 2.22. The Morgan fingerprint density at radius 2 is 2.00 bits per heavy atom. The molecule has 50 valence electrons. The fourth-order valence-electron chi connectivity index (χ4n) is 0.462. The lowest BCUT2D eigenvalue weighted by Gasteiger charge is -2.19. The summed E-state index contributed by atoms with van der Waals surface area (Å²) in [6.07, 6.45) is 0. The second kappa shape index (κ2) is 3.87. The predicted octanol–water partition coefficient (Wildman–Crippen LogP) is 0.285. The third-order valence-electron chi connectivity index (χ3n) is 1.36. The van der Waals surface area contributed by atoms with Crippen LogP contribution in [0.15, 0.2) is 0 Å². The summed E-state index contributed by atoms with van der Waals surface area (Å²) in [5.41, 5.74) is 5.33. The Kier molecular flexibility index (Phi) is 3.83. The Balaban J connectivity index is 3.17. The summed E-state index contributed by atoms with van der Waals surface area (Å²) in [7, 11) is 2.08. The van der Waals surface area contributed by atoms with Crippen LogP contribution in [0.5, 0.6) is 0 Å². The van der Waals surface area contributed by atoms with E-state index in [4.69, 9.17) is 5.73 Å². The zero-order valence-corrected chi connectivity index (χ0v) is 6.02. The van der Waals surface area contributed by atoms with Gasteiger partial charge in [0, 0.05) is 19.1 Å². The SMILES string of the molecule is CC(C)N(C)CCN. The number of hydrogen-bond donors (Lipinski definition) is 1. The molecule has 0 aromatic rings. The maximum absolute atomic E-state index is 5.33. The van der Waals surface area contributed by atoms with E-state index in [0.29, 0.717) is 6.04 Å². The molecule has 8 heavy (non-hydrogen) atoms. The maximum Gasteiger partial charge on any atom is 0.0104 e. The molecule has 0 radical (unpaired) electrons. The van der Waals surface area contributed by atoms with Gasteiger partial charge in [-0.15, -0.1) is 0 Å². The van der Waals surface area contributed by atoms with Crippen LogP contribution in [0.1, 0.15) is 13.8 Å². The van der Waals surface area contributed by atoms with Crippen molar-refractivity contribution in [3.05, 3.63) is 0 Å². The molecule has 0 bridgehead atoms. The van der Waals surface area contributed by atoms with E-state index in [1.807, 2.05) is 0 Å². The van der Waals surface area contributed by atoms with Gasteiger partial charge >= 0.3 is 0 Å². The standard InChI is InChI=1S/C6H16N2/c1-6(2)8(3)5-4-7/h6H,4-5,7H2,1-3H3. The van der Waals surface area contributed by atoms with Gasteiger partial charge in [0.2, 0.25) is 0 Å². The highest BCUT2D eigenvalue weighted by Crippen LogP contribution is 1.89. The van der Waals surface area contributed by atoms with Gasteiger partial charge in [-0.05, 0) is 20.9 Å². The van der Waals surface area contributed by atoms with Crippen molar-refractivity contribution < 1.29 is 0 Å². The Bertz CT molecular complexity index is 52.5. The monoisotopic (exact) mass is 116 g/mol. The van der Waals surface area contributed by atoms with Crippen LogP contribution in [-0.4, -0.2) is 31.1 Å². The lowest BCUT2D eigenvalue weighted by molar-refractivity contribution is 0.282. The molecule has 0 aromatic carbocycles. The van der Waals surface area contributed by atoms with E-state index in [2.05, 4.69) is 25.8 Å². The van der Waals surface area contributed by atoms with Crippen molar-refractivity contribution >= 4 is 0 Å². The molecular formula is C6H16N2. The average Bonchev–Trinajstić information content (AvgIpc) is 1.67. The number of rotatable bonds is 3. The van der Waals surface area contributed by atoms with Crippen molar-refractivity contribution in [2.75, 3.05) is 20.1 Å². The summed E-state index contributed by atoms with van der Waals surface area (Å²) in [6.45, 7) is 6.08. The first-order valence-corrected chi connectivity index (χ1v) is 3.08. The van der Waals surface area contributed by atoms with E-state index < -0.39 is 0 Å². The molecule has 0 spiro atoms. The van der Waals surface area contributed by atoms with Gasteiger partial charge in [-0.1, -0.05) is 0 Å². The Morgan fingerprint density at radius 3 is 2.12 bits per heavy atom. The zero-order chi connectivity index (χ0) is 6.57. The van der Waals surface area contributed by atoms with Gasteiger partial charge in [-0.25, -0.2) is 0 Å². The van der Waals surface area contributed by atoms with Crippen molar-refractivity contribution in [3.8, 4) is 0 Å². The first-order chi connectivity index (χ1) is 3.68. The molecule has 0 saturated heterocycles. The van der Waals surface area contributed by atoms with E-state index >= 15 is 0 Å². The van der Waals surface area contributed by atoms with Crippen LogP contribution < -0.4 is 5.73 Å². The lowest BCUT2D eigenvalue weighted by atomic mass is 10.3. The smallest absolute Gasteiger partial charge is 0.0104 e. The lowest BCUT2D eigenvalue weighted by Crippen LogP contribution is -2.31. The topological polar surface area (TPSA) is 29.3 Å². The minimum atomic E-state index is 0.624. The number of hydrogen-bond acceptors (Lipinski definition) is 2. The molecule has 0 aliphatic rings. The molecule has 2 N–H and O–H groups in total. The van der Waals surface area contributed by atoms with E-state index in [9.17, 15) is 0 Å². The van der Waals surface area contributed by atoms with Crippen molar-refractivity contribution in [2.45, 2.75) is 19.9 Å². The molecule has 0 rings (SSSR count). The third-order valence-corrected chi connectivity index (χ3v) is 1.36. The van der Waals surface area contributed by atoms with Crippen LogP contribution in [0, 0.1) is 0 Å². The minimum absolute atomic E-state index is 0.624. The summed E-state index contributed by atoms with van der Waals surface area (Å²) >= 11 is 0. The van der Waals surface area contributed by atoms with Crippen molar-refractivity contribution in [1.82, 2.24) is 4.90 Å². The molecule has 2 nitrogen and oxygen atoms in total. The van der Waals surface area contributed by atoms with Gasteiger partial charge in [0.15, 0.2) is 0 Å². The quantitative estimate of drug-likeness (QED) is 0.574. The van der Waals surface area contributed by atoms with Crippen LogP contribution in [-0.2, 0) is 0 Å². The molecule has 2 heteroatoms. The van der Waals surface area contributed by atoms with E-state index in [1.165, 1.54) is 0 Å². The summed E-state index contributed by atoms with van der Waals surface area (Å²) in [6, 6.07) is 0.624. The van der Waals surface area contributed by atoms with Crippen LogP contribution in [0.25, 0.3) is 0 Å². The molecular weight excluding hydrogens is 100 g/mol. The molecule has 0 aliphatic heterocycles. The Hall–Kier alpha value is -0.0800. The maximum atomic E-state index is 5.33. The number of nitrogens with zero attached hydrogens (tertiary/aromatic N) is 1. The van der Waals surface area contributed by atoms with Crippen molar-refractivity contribution in [3.63, 3.8) is 0 Å². The fraction of sp³-hybridized carbons (Fsp3) is 1.00. The number of nitrogens with two attached hydrogens (primary N) is 1. The minimum Gasteiger partial charge on any atom is -0.329 e. The van der Waals surface area contributed by atoms with E-state index in [-0.39, 0.29) is 0 Å². The average molecular weight is 116 g/mol. The van der Waals surface area contributed by atoms with E-state index in [1.54, 1.807) is 0 Å².